The van der Waals surface area contributed by atoms with Gasteiger partial charge in [-0.2, -0.15) is 0 Å². The molecule has 0 aliphatic carbocycles. The third-order valence-corrected chi connectivity index (χ3v) is 6.65. The van der Waals surface area contributed by atoms with Crippen molar-refractivity contribution in [1.29, 1.82) is 0 Å². The summed E-state index contributed by atoms with van der Waals surface area (Å²) in [4.78, 5) is 4.52. The van der Waals surface area contributed by atoms with Crippen LogP contribution in [0.4, 0.5) is 5.69 Å². The van der Waals surface area contributed by atoms with Crippen LogP contribution in [0.3, 0.4) is 0 Å². The van der Waals surface area contributed by atoms with E-state index in [0.717, 1.165) is 12.1 Å². The van der Waals surface area contributed by atoms with E-state index in [2.05, 4.69) is 18.5 Å². The number of aliphatic imine (C=N–C) groups is 1. The van der Waals surface area contributed by atoms with Crippen molar-refractivity contribution < 1.29 is 9.05 Å². The zero-order chi connectivity index (χ0) is 18.8. The first-order valence-electron chi connectivity index (χ1n) is 8.57. The van der Waals surface area contributed by atoms with Gasteiger partial charge in [0.05, 0.1) is 18.1 Å². The summed E-state index contributed by atoms with van der Waals surface area (Å²) in [5.74, 6) is 0.682. The Hall–Kier alpha value is -1.94. The quantitative estimate of drug-likeness (QED) is 0.218. The highest BCUT2D eigenvalue weighted by Crippen LogP contribution is 2.53. The lowest BCUT2D eigenvalue weighted by molar-refractivity contribution is 0.202. The van der Waals surface area contributed by atoms with Crippen LogP contribution in [0.2, 0.25) is 0 Å². The average Bonchev–Trinajstić information content (AvgIpc) is 2.66. The summed E-state index contributed by atoms with van der Waals surface area (Å²) in [7, 11) is 0. The molecule has 0 fully saturated rings. The van der Waals surface area contributed by atoms with Crippen molar-refractivity contribution in [3.05, 3.63) is 73.3 Å². The van der Waals surface area contributed by atoms with E-state index < -0.39 is 6.64 Å². The van der Waals surface area contributed by atoms with E-state index in [-0.39, 0.29) is 6.10 Å². The van der Waals surface area contributed by atoms with E-state index in [1.165, 1.54) is 0 Å². The normalized spacial score (nSPS) is 14.5. The van der Waals surface area contributed by atoms with Crippen LogP contribution in [-0.4, -0.2) is 23.7 Å². The predicted octanol–water partition coefficient (Wildman–Crippen LogP) is 5.95. The molecule has 0 radical (unpaired) electrons. The Kier molecular flexibility index (Phi) is 8.05. The maximum absolute atomic E-state index is 6.18. The Bertz CT molecular complexity index is 753. The van der Waals surface area contributed by atoms with Crippen molar-refractivity contribution in [3.8, 4) is 5.75 Å². The summed E-state index contributed by atoms with van der Waals surface area (Å²) >= 11 is 5.88. The van der Waals surface area contributed by atoms with Crippen LogP contribution in [0.25, 0.3) is 0 Å². The van der Waals surface area contributed by atoms with Crippen molar-refractivity contribution >= 4 is 30.5 Å². The second-order valence-electron chi connectivity index (χ2n) is 5.69. The molecular weight excluding hydrogens is 363 g/mol. The highest BCUT2D eigenvalue weighted by Gasteiger charge is 2.30. The van der Waals surface area contributed by atoms with Gasteiger partial charge in [-0.15, -0.1) is 6.58 Å². The van der Waals surface area contributed by atoms with E-state index in [0.29, 0.717) is 12.3 Å². The summed E-state index contributed by atoms with van der Waals surface area (Å²) < 4.78 is 14.2. The molecule has 0 bridgehead atoms. The van der Waals surface area contributed by atoms with Crippen LogP contribution in [0, 0.1) is 0 Å². The monoisotopic (exact) mass is 388 g/mol. The molecule has 2 unspecified atom stereocenters. The Labute approximate surface area is 161 Å². The van der Waals surface area contributed by atoms with Gasteiger partial charge >= 0.3 is 6.64 Å². The van der Waals surface area contributed by atoms with Crippen molar-refractivity contribution in [3.63, 3.8) is 0 Å². The van der Waals surface area contributed by atoms with Crippen LogP contribution in [0.1, 0.15) is 20.3 Å². The van der Waals surface area contributed by atoms with Crippen LogP contribution in [0.15, 0.2) is 78.3 Å². The second kappa shape index (κ2) is 10.3. The summed E-state index contributed by atoms with van der Waals surface area (Å²) in [6, 6.07) is 19.2. The average molecular weight is 388 g/mol. The smallest absolute Gasteiger partial charge is 0.343 e. The Morgan fingerprint density at radius 3 is 2.35 bits per heavy atom. The third-order valence-electron chi connectivity index (χ3n) is 3.58. The number of hydrogen-bond acceptors (Lipinski definition) is 4. The van der Waals surface area contributed by atoms with Gasteiger partial charge < -0.3 is 9.05 Å². The Morgan fingerprint density at radius 2 is 1.77 bits per heavy atom. The van der Waals surface area contributed by atoms with E-state index in [1.807, 2.05) is 72.3 Å². The van der Waals surface area contributed by atoms with Crippen molar-refractivity contribution in [2.24, 2.45) is 4.99 Å². The number of hydrogen-bond donors (Lipinski definition) is 0. The minimum absolute atomic E-state index is 0.0259. The van der Waals surface area contributed by atoms with E-state index >= 15 is 0 Å². The van der Waals surface area contributed by atoms with E-state index in [4.69, 9.17) is 20.9 Å². The molecule has 0 aromatic heterocycles. The third kappa shape index (κ3) is 6.10. The molecule has 0 saturated carbocycles. The fourth-order valence-corrected chi connectivity index (χ4v) is 4.82. The van der Waals surface area contributed by atoms with Gasteiger partial charge in [-0.25, -0.2) is 4.99 Å². The standard InChI is InChI=1S/C20H25N2O2PS/c1-4-16-22(17-21-19-12-8-6-9-13-19)25(26,23-18(3)5-2)24-20-14-10-7-11-15-20/h4,6-15,17-18H,1,5,16H2,2-3H3. The number of para-hydroxylation sites is 2. The highest BCUT2D eigenvalue weighted by molar-refractivity contribution is 8.09. The maximum Gasteiger partial charge on any atom is 0.343 e. The minimum atomic E-state index is -2.83. The maximum atomic E-state index is 6.18. The van der Waals surface area contributed by atoms with Crippen molar-refractivity contribution in [2.45, 2.75) is 26.4 Å². The summed E-state index contributed by atoms with van der Waals surface area (Å²) in [5, 5.41) is 0. The zero-order valence-electron chi connectivity index (χ0n) is 15.2. The van der Waals surface area contributed by atoms with Gasteiger partial charge in [0, 0.05) is 6.54 Å². The lowest BCUT2D eigenvalue weighted by Crippen LogP contribution is -2.25. The first kappa shape index (κ1) is 20.4. The largest absolute Gasteiger partial charge is 0.429 e. The lowest BCUT2D eigenvalue weighted by Gasteiger charge is -2.33. The molecule has 138 valence electrons. The van der Waals surface area contributed by atoms with Crippen LogP contribution < -0.4 is 4.52 Å². The van der Waals surface area contributed by atoms with Crippen molar-refractivity contribution in [2.75, 3.05) is 6.54 Å². The SMILES string of the molecule is C=CCN(C=Nc1ccccc1)P(=S)(Oc1ccccc1)OC(C)CC. The van der Waals surface area contributed by atoms with Gasteiger partial charge in [0.2, 0.25) is 0 Å². The lowest BCUT2D eigenvalue weighted by atomic mass is 10.3. The van der Waals surface area contributed by atoms with Gasteiger partial charge in [-0.1, -0.05) is 49.4 Å². The van der Waals surface area contributed by atoms with E-state index in [1.54, 1.807) is 12.4 Å². The molecule has 6 heteroatoms. The summed E-state index contributed by atoms with van der Waals surface area (Å²) in [6.45, 7) is 5.54. The minimum Gasteiger partial charge on any atom is -0.429 e. The predicted molar refractivity (Wildman–Crippen MR) is 114 cm³/mol. The fraction of sp³-hybridized carbons (Fsp3) is 0.250. The molecule has 2 aromatic rings. The highest BCUT2D eigenvalue weighted by atomic mass is 32.5. The van der Waals surface area contributed by atoms with Crippen molar-refractivity contribution in [1.82, 2.24) is 4.67 Å². The molecule has 4 nitrogen and oxygen atoms in total. The Balaban J connectivity index is 2.32. The van der Waals surface area contributed by atoms with Gasteiger partial charge in [0.1, 0.15) is 5.75 Å². The van der Waals surface area contributed by atoms with Gasteiger partial charge in [0.25, 0.3) is 0 Å². The van der Waals surface area contributed by atoms with Gasteiger partial charge in [0.15, 0.2) is 0 Å². The molecule has 26 heavy (non-hydrogen) atoms. The van der Waals surface area contributed by atoms with E-state index in [9.17, 15) is 0 Å². The number of benzene rings is 2. The molecule has 0 aliphatic rings. The second-order valence-corrected chi connectivity index (χ2v) is 8.92. The molecule has 2 aromatic carbocycles. The van der Waals surface area contributed by atoms with Crippen LogP contribution in [-0.2, 0) is 16.3 Å². The molecule has 0 heterocycles. The van der Waals surface area contributed by atoms with Gasteiger partial charge in [-0.3, -0.25) is 4.67 Å². The van der Waals surface area contributed by atoms with Crippen LogP contribution in [0.5, 0.6) is 5.75 Å². The first-order chi connectivity index (χ1) is 12.6. The molecule has 0 N–H and O–H groups in total. The molecule has 0 spiro atoms. The fourth-order valence-electron chi connectivity index (χ4n) is 2.04. The molecule has 0 amide bonds. The zero-order valence-corrected chi connectivity index (χ0v) is 16.9. The molecule has 0 saturated heterocycles. The summed E-state index contributed by atoms with van der Waals surface area (Å²) in [5.41, 5.74) is 0.839. The molecular formula is C20H25N2O2PS. The molecule has 0 aliphatic heterocycles. The number of nitrogens with zero attached hydrogens (tertiary/aromatic N) is 2. The topological polar surface area (TPSA) is 34.1 Å². The number of rotatable bonds is 10. The Morgan fingerprint density at radius 1 is 1.15 bits per heavy atom. The van der Waals surface area contributed by atoms with Gasteiger partial charge in [-0.05, 0) is 49.4 Å². The molecule has 2 rings (SSSR count). The molecule has 2 atom stereocenters. The summed E-state index contributed by atoms with van der Waals surface area (Å²) in [6.07, 6.45) is 4.28. The van der Waals surface area contributed by atoms with Crippen LogP contribution >= 0.6 is 6.64 Å². The first-order valence-corrected chi connectivity index (χ1v) is 11.2.